The molecule has 1 aliphatic carbocycles. The van der Waals surface area contributed by atoms with Crippen LogP contribution >= 0.6 is 12.4 Å². The summed E-state index contributed by atoms with van der Waals surface area (Å²) in [5.74, 6) is 0.127. The molecule has 6 heteroatoms. The van der Waals surface area contributed by atoms with Crippen molar-refractivity contribution in [2.75, 3.05) is 13.1 Å². The van der Waals surface area contributed by atoms with Crippen molar-refractivity contribution >= 4 is 24.2 Å². The van der Waals surface area contributed by atoms with Crippen LogP contribution in [0.2, 0.25) is 0 Å². The van der Waals surface area contributed by atoms with Crippen LogP contribution in [0.25, 0.3) is 0 Å². The van der Waals surface area contributed by atoms with Gasteiger partial charge >= 0.3 is 0 Å². The van der Waals surface area contributed by atoms with E-state index in [1.54, 1.807) is 0 Å². The monoisotopic (exact) mass is 393 g/mol. The lowest BCUT2D eigenvalue weighted by Gasteiger charge is -2.41. The van der Waals surface area contributed by atoms with E-state index in [2.05, 4.69) is 5.32 Å². The molecule has 1 aromatic rings. The fourth-order valence-corrected chi connectivity index (χ4v) is 4.32. The van der Waals surface area contributed by atoms with Gasteiger partial charge in [-0.05, 0) is 51.2 Å². The number of halogens is 1. The van der Waals surface area contributed by atoms with Gasteiger partial charge < -0.3 is 16.0 Å². The molecule has 2 amide bonds. The second-order valence-corrected chi connectivity index (χ2v) is 8.19. The van der Waals surface area contributed by atoms with Crippen LogP contribution in [0.1, 0.15) is 61.4 Å². The Morgan fingerprint density at radius 2 is 1.81 bits per heavy atom. The highest BCUT2D eigenvalue weighted by molar-refractivity contribution is 5.95. The van der Waals surface area contributed by atoms with Gasteiger partial charge in [-0.1, -0.05) is 31.0 Å². The van der Waals surface area contributed by atoms with Gasteiger partial charge in [0.25, 0.3) is 5.91 Å². The van der Waals surface area contributed by atoms with E-state index in [1.165, 1.54) is 0 Å². The molecule has 2 aliphatic rings. The zero-order valence-corrected chi connectivity index (χ0v) is 17.2. The first-order valence-corrected chi connectivity index (χ1v) is 9.82. The minimum absolute atomic E-state index is 0. The summed E-state index contributed by atoms with van der Waals surface area (Å²) in [5.41, 5.74) is 7.73. The SMILES string of the molecule is Cc1ccccc1C(=O)NC1CCN(C(=O)C2CCCCC2(C)N)CC1.Cl. The maximum atomic E-state index is 12.9. The molecule has 0 radical (unpaired) electrons. The Bertz CT molecular complexity index is 669. The second kappa shape index (κ2) is 9.07. The third-order valence-electron chi connectivity index (χ3n) is 6.08. The first-order valence-electron chi connectivity index (χ1n) is 9.82. The number of carbonyl (C=O) groups is 2. The summed E-state index contributed by atoms with van der Waals surface area (Å²) in [5, 5.41) is 3.13. The Morgan fingerprint density at radius 1 is 1.15 bits per heavy atom. The predicted octanol–water partition coefficient (Wildman–Crippen LogP) is 3.05. The van der Waals surface area contributed by atoms with E-state index in [1.807, 2.05) is 43.0 Å². The van der Waals surface area contributed by atoms with Gasteiger partial charge in [-0.3, -0.25) is 9.59 Å². The highest BCUT2D eigenvalue weighted by Crippen LogP contribution is 2.33. The molecule has 0 bridgehead atoms. The van der Waals surface area contributed by atoms with E-state index in [4.69, 9.17) is 5.73 Å². The van der Waals surface area contributed by atoms with Gasteiger partial charge in [0.2, 0.25) is 5.91 Å². The van der Waals surface area contributed by atoms with Crippen LogP contribution in [0.4, 0.5) is 0 Å². The molecule has 27 heavy (non-hydrogen) atoms. The molecule has 1 aromatic carbocycles. The molecular weight excluding hydrogens is 362 g/mol. The summed E-state index contributed by atoms with van der Waals surface area (Å²) < 4.78 is 0. The van der Waals surface area contributed by atoms with E-state index in [0.717, 1.165) is 49.7 Å². The molecule has 1 heterocycles. The lowest BCUT2D eigenvalue weighted by atomic mass is 9.74. The minimum atomic E-state index is -0.384. The van der Waals surface area contributed by atoms with Crippen molar-refractivity contribution in [3.63, 3.8) is 0 Å². The van der Waals surface area contributed by atoms with Crippen molar-refractivity contribution in [2.24, 2.45) is 11.7 Å². The van der Waals surface area contributed by atoms with Gasteiger partial charge in [0.15, 0.2) is 0 Å². The molecule has 2 atom stereocenters. The molecule has 1 saturated carbocycles. The highest BCUT2D eigenvalue weighted by Gasteiger charge is 2.40. The van der Waals surface area contributed by atoms with Crippen LogP contribution in [-0.2, 0) is 4.79 Å². The predicted molar refractivity (Wildman–Crippen MR) is 110 cm³/mol. The van der Waals surface area contributed by atoms with E-state index in [0.29, 0.717) is 13.1 Å². The number of aryl methyl sites for hydroxylation is 1. The molecule has 1 aliphatic heterocycles. The molecule has 0 aromatic heterocycles. The largest absolute Gasteiger partial charge is 0.349 e. The molecule has 0 spiro atoms. The quantitative estimate of drug-likeness (QED) is 0.828. The molecule has 3 N–H and O–H groups in total. The molecule has 5 nitrogen and oxygen atoms in total. The zero-order valence-electron chi connectivity index (χ0n) is 16.4. The maximum Gasteiger partial charge on any atom is 0.251 e. The Morgan fingerprint density at radius 3 is 2.44 bits per heavy atom. The number of amides is 2. The summed E-state index contributed by atoms with van der Waals surface area (Å²) in [6.45, 7) is 5.36. The zero-order chi connectivity index (χ0) is 18.7. The third kappa shape index (κ3) is 5.02. The van der Waals surface area contributed by atoms with Gasteiger partial charge in [0, 0.05) is 30.2 Å². The van der Waals surface area contributed by atoms with Crippen LogP contribution in [-0.4, -0.2) is 41.4 Å². The van der Waals surface area contributed by atoms with Crippen molar-refractivity contribution in [1.82, 2.24) is 10.2 Å². The first kappa shape index (κ1) is 21.7. The standard InChI is InChI=1S/C21H31N3O2.ClH/c1-15-7-3-4-8-17(15)19(25)23-16-10-13-24(14-11-16)20(26)18-9-5-6-12-21(18,2)22;/h3-4,7-8,16,18H,5-6,9-14,22H2,1-2H3,(H,23,25);1H. The van der Waals surface area contributed by atoms with Gasteiger partial charge in [-0.15, -0.1) is 12.4 Å². The van der Waals surface area contributed by atoms with E-state index in [9.17, 15) is 9.59 Å². The van der Waals surface area contributed by atoms with Crippen molar-refractivity contribution in [2.45, 2.75) is 64.0 Å². The van der Waals surface area contributed by atoms with Crippen LogP contribution in [0, 0.1) is 12.8 Å². The number of hydrogen-bond acceptors (Lipinski definition) is 3. The number of nitrogens with one attached hydrogen (secondary N) is 1. The van der Waals surface area contributed by atoms with Crippen molar-refractivity contribution in [3.05, 3.63) is 35.4 Å². The molecule has 2 fully saturated rings. The van der Waals surface area contributed by atoms with Crippen molar-refractivity contribution < 1.29 is 9.59 Å². The van der Waals surface area contributed by atoms with Crippen LogP contribution in [0.5, 0.6) is 0 Å². The summed E-state index contributed by atoms with van der Waals surface area (Å²) in [4.78, 5) is 27.4. The fourth-order valence-electron chi connectivity index (χ4n) is 4.32. The van der Waals surface area contributed by atoms with Crippen molar-refractivity contribution in [3.8, 4) is 0 Å². The molecule has 3 rings (SSSR count). The van der Waals surface area contributed by atoms with Gasteiger partial charge in [-0.25, -0.2) is 0 Å². The van der Waals surface area contributed by atoms with Crippen LogP contribution in [0.15, 0.2) is 24.3 Å². The minimum Gasteiger partial charge on any atom is -0.349 e. The Balaban J connectivity index is 0.00000261. The fraction of sp³-hybridized carbons (Fsp3) is 0.619. The van der Waals surface area contributed by atoms with Crippen LogP contribution < -0.4 is 11.1 Å². The average molecular weight is 394 g/mol. The maximum absolute atomic E-state index is 12.9. The number of nitrogens with zero attached hydrogens (tertiary/aromatic N) is 1. The summed E-state index contributed by atoms with van der Waals surface area (Å²) in [6, 6.07) is 7.75. The number of hydrogen-bond donors (Lipinski definition) is 2. The molecule has 1 saturated heterocycles. The Labute approximate surface area is 168 Å². The second-order valence-electron chi connectivity index (χ2n) is 8.19. The van der Waals surface area contributed by atoms with E-state index in [-0.39, 0.29) is 41.7 Å². The number of rotatable bonds is 3. The van der Waals surface area contributed by atoms with Crippen molar-refractivity contribution in [1.29, 1.82) is 0 Å². The van der Waals surface area contributed by atoms with Crippen LogP contribution in [0.3, 0.4) is 0 Å². The molecule has 150 valence electrons. The Hall–Kier alpha value is -1.59. The van der Waals surface area contributed by atoms with Gasteiger partial charge in [0.1, 0.15) is 0 Å². The number of nitrogens with two attached hydrogens (primary N) is 1. The van der Waals surface area contributed by atoms with E-state index < -0.39 is 0 Å². The first-order chi connectivity index (χ1) is 12.4. The number of likely N-dealkylation sites (tertiary alicyclic amines) is 1. The van der Waals surface area contributed by atoms with Gasteiger partial charge in [0.05, 0.1) is 5.92 Å². The molecule has 2 unspecified atom stereocenters. The smallest absolute Gasteiger partial charge is 0.251 e. The Kier molecular flexibility index (Phi) is 7.29. The lowest BCUT2D eigenvalue weighted by molar-refractivity contribution is -0.140. The topological polar surface area (TPSA) is 75.4 Å². The highest BCUT2D eigenvalue weighted by atomic mass is 35.5. The normalized spacial score (nSPS) is 26.2. The summed E-state index contributed by atoms with van der Waals surface area (Å²) >= 11 is 0. The molecular formula is C21H32ClN3O2. The van der Waals surface area contributed by atoms with Gasteiger partial charge in [-0.2, -0.15) is 0 Å². The average Bonchev–Trinajstić information content (AvgIpc) is 2.62. The summed E-state index contributed by atoms with van der Waals surface area (Å²) in [7, 11) is 0. The number of carbonyl (C=O) groups excluding carboxylic acids is 2. The van der Waals surface area contributed by atoms with E-state index >= 15 is 0 Å². The third-order valence-corrected chi connectivity index (χ3v) is 6.08. The number of piperidine rings is 1. The number of benzene rings is 1. The lowest BCUT2D eigenvalue weighted by Crippen LogP contribution is -2.56. The summed E-state index contributed by atoms with van der Waals surface area (Å²) in [6.07, 6.45) is 5.63.